The number of nitrogens with two attached hydrogens (primary N) is 1. The third-order valence-electron chi connectivity index (χ3n) is 4.08. The summed E-state index contributed by atoms with van der Waals surface area (Å²) < 4.78 is 5.74. The lowest BCUT2D eigenvalue weighted by Crippen LogP contribution is -2.45. The predicted octanol–water partition coefficient (Wildman–Crippen LogP) is 3.65. The van der Waals surface area contributed by atoms with Gasteiger partial charge in [0.15, 0.2) is 6.10 Å². The molecule has 2 atom stereocenters. The van der Waals surface area contributed by atoms with E-state index in [1.165, 1.54) is 0 Å². The molecule has 4 nitrogen and oxygen atoms in total. The average molecular weight is 304 g/mol. The fourth-order valence-electron chi connectivity index (χ4n) is 2.85. The van der Waals surface area contributed by atoms with Crippen molar-refractivity contribution in [3.8, 4) is 5.75 Å². The van der Waals surface area contributed by atoms with Crippen LogP contribution >= 0.6 is 0 Å². The topological polar surface area (TPSA) is 55.6 Å². The maximum absolute atomic E-state index is 12.4. The standard InChI is InChI=1S/C18H28N2O2/c1-5-6-9-20-16-11-14(15(19)10-12(2)3)7-8-17(16)22-13(4)18(20)21/h7-8,11-13,15H,5-6,9-10,19H2,1-4H3. The van der Waals surface area contributed by atoms with Gasteiger partial charge in [-0.15, -0.1) is 0 Å². The Morgan fingerprint density at radius 2 is 2.09 bits per heavy atom. The van der Waals surface area contributed by atoms with Gasteiger partial charge >= 0.3 is 0 Å². The number of fused-ring (bicyclic) bond motifs is 1. The molecular formula is C18H28N2O2. The third kappa shape index (κ3) is 3.61. The van der Waals surface area contributed by atoms with Gasteiger partial charge in [-0.25, -0.2) is 0 Å². The Morgan fingerprint density at radius 3 is 2.73 bits per heavy atom. The highest BCUT2D eigenvalue weighted by molar-refractivity contribution is 5.99. The van der Waals surface area contributed by atoms with E-state index < -0.39 is 6.10 Å². The Labute approximate surface area is 133 Å². The number of anilines is 1. The van der Waals surface area contributed by atoms with Crippen molar-refractivity contribution in [2.75, 3.05) is 11.4 Å². The van der Waals surface area contributed by atoms with Crippen LogP contribution in [-0.2, 0) is 4.79 Å². The summed E-state index contributed by atoms with van der Waals surface area (Å²) in [6, 6.07) is 5.99. The van der Waals surface area contributed by atoms with Gasteiger partial charge in [0.05, 0.1) is 5.69 Å². The molecule has 0 saturated heterocycles. The van der Waals surface area contributed by atoms with Crippen LogP contribution in [0.3, 0.4) is 0 Å². The number of rotatable bonds is 6. The van der Waals surface area contributed by atoms with Crippen molar-refractivity contribution in [2.24, 2.45) is 11.7 Å². The summed E-state index contributed by atoms with van der Waals surface area (Å²) in [4.78, 5) is 14.3. The van der Waals surface area contributed by atoms with E-state index in [-0.39, 0.29) is 11.9 Å². The molecule has 1 aliphatic heterocycles. The molecule has 2 unspecified atom stereocenters. The van der Waals surface area contributed by atoms with Crippen LogP contribution in [0, 0.1) is 5.92 Å². The zero-order valence-corrected chi connectivity index (χ0v) is 14.1. The van der Waals surface area contributed by atoms with E-state index in [0.29, 0.717) is 5.92 Å². The molecule has 1 aromatic carbocycles. The van der Waals surface area contributed by atoms with Gasteiger partial charge in [-0.05, 0) is 43.4 Å². The Morgan fingerprint density at radius 1 is 1.36 bits per heavy atom. The van der Waals surface area contributed by atoms with Crippen LogP contribution in [0.15, 0.2) is 18.2 Å². The second-order valence-electron chi connectivity index (χ2n) is 6.57. The number of benzene rings is 1. The molecule has 0 aliphatic carbocycles. The minimum absolute atomic E-state index is 0.00669. The van der Waals surface area contributed by atoms with Crippen molar-refractivity contribution >= 4 is 11.6 Å². The highest BCUT2D eigenvalue weighted by Crippen LogP contribution is 2.36. The molecule has 2 rings (SSSR count). The van der Waals surface area contributed by atoms with Crippen LogP contribution in [0.4, 0.5) is 5.69 Å². The van der Waals surface area contributed by atoms with E-state index in [4.69, 9.17) is 10.5 Å². The Balaban J connectivity index is 2.31. The van der Waals surface area contributed by atoms with Gasteiger partial charge in [-0.2, -0.15) is 0 Å². The van der Waals surface area contributed by atoms with Crippen LogP contribution in [-0.4, -0.2) is 18.6 Å². The smallest absolute Gasteiger partial charge is 0.267 e. The zero-order valence-electron chi connectivity index (χ0n) is 14.1. The highest BCUT2D eigenvalue weighted by atomic mass is 16.5. The van der Waals surface area contributed by atoms with Gasteiger partial charge in [0.25, 0.3) is 5.91 Å². The van der Waals surface area contributed by atoms with Crippen molar-refractivity contribution in [3.63, 3.8) is 0 Å². The van der Waals surface area contributed by atoms with E-state index in [2.05, 4.69) is 20.8 Å². The first-order valence-corrected chi connectivity index (χ1v) is 8.31. The first kappa shape index (κ1) is 16.8. The van der Waals surface area contributed by atoms with Gasteiger partial charge in [-0.3, -0.25) is 4.79 Å². The first-order chi connectivity index (χ1) is 10.4. The summed E-state index contributed by atoms with van der Waals surface area (Å²) in [5.74, 6) is 1.36. The second-order valence-corrected chi connectivity index (χ2v) is 6.57. The van der Waals surface area contributed by atoms with E-state index in [9.17, 15) is 4.79 Å². The second kappa shape index (κ2) is 7.14. The van der Waals surface area contributed by atoms with Crippen molar-refractivity contribution in [1.82, 2.24) is 0 Å². The number of unbranched alkanes of at least 4 members (excludes halogenated alkanes) is 1. The zero-order chi connectivity index (χ0) is 16.3. The maximum atomic E-state index is 12.4. The van der Waals surface area contributed by atoms with Gasteiger partial charge in [0, 0.05) is 12.6 Å². The molecule has 1 aromatic rings. The third-order valence-corrected chi connectivity index (χ3v) is 4.08. The minimum atomic E-state index is -0.417. The normalized spacial score (nSPS) is 19.1. The summed E-state index contributed by atoms with van der Waals surface area (Å²) in [7, 11) is 0. The number of carbonyl (C=O) groups excluding carboxylic acids is 1. The SMILES string of the molecule is CCCCN1C(=O)C(C)Oc2ccc(C(N)CC(C)C)cc21. The van der Waals surface area contributed by atoms with Gasteiger partial charge in [0.1, 0.15) is 5.75 Å². The van der Waals surface area contributed by atoms with Gasteiger partial charge < -0.3 is 15.4 Å². The quantitative estimate of drug-likeness (QED) is 0.873. The summed E-state index contributed by atoms with van der Waals surface area (Å²) in [6.07, 6.45) is 2.56. The fraction of sp³-hybridized carbons (Fsp3) is 0.611. The molecule has 0 bridgehead atoms. The summed E-state index contributed by atoms with van der Waals surface area (Å²) in [6.45, 7) is 9.01. The molecule has 4 heteroatoms. The van der Waals surface area contributed by atoms with Crippen molar-refractivity contribution in [3.05, 3.63) is 23.8 Å². The molecule has 0 saturated carbocycles. The molecule has 2 N–H and O–H groups in total. The minimum Gasteiger partial charge on any atom is -0.479 e. The van der Waals surface area contributed by atoms with E-state index in [0.717, 1.165) is 42.8 Å². The molecule has 1 aliphatic rings. The lowest BCUT2D eigenvalue weighted by atomic mass is 9.96. The maximum Gasteiger partial charge on any atom is 0.267 e. The number of nitrogens with zero attached hydrogens (tertiary/aromatic N) is 1. The van der Waals surface area contributed by atoms with E-state index in [1.54, 1.807) is 0 Å². The monoisotopic (exact) mass is 304 g/mol. The lowest BCUT2D eigenvalue weighted by Gasteiger charge is -2.33. The van der Waals surface area contributed by atoms with Gasteiger partial charge in [-0.1, -0.05) is 33.3 Å². The van der Waals surface area contributed by atoms with Crippen molar-refractivity contribution in [1.29, 1.82) is 0 Å². The van der Waals surface area contributed by atoms with Crippen LogP contribution < -0.4 is 15.4 Å². The van der Waals surface area contributed by atoms with Crippen LogP contribution in [0.5, 0.6) is 5.75 Å². The van der Waals surface area contributed by atoms with Crippen LogP contribution in [0.25, 0.3) is 0 Å². The molecule has 1 heterocycles. The van der Waals surface area contributed by atoms with E-state index >= 15 is 0 Å². The largest absolute Gasteiger partial charge is 0.479 e. The molecule has 0 fully saturated rings. The Hall–Kier alpha value is -1.55. The number of hydrogen-bond donors (Lipinski definition) is 1. The highest BCUT2D eigenvalue weighted by Gasteiger charge is 2.31. The van der Waals surface area contributed by atoms with Crippen molar-refractivity contribution < 1.29 is 9.53 Å². The number of hydrogen-bond acceptors (Lipinski definition) is 3. The number of carbonyl (C=O) groups is 1. The van der Waals surface area contributed by atoms with Gasteiger partial charge in [0.2, 0.25) is 0 Å². The predicted molar refractivity (Wildman–Crippen MR) is 90.2 cm³/mol. The lowest BCUT2D eigenvalue weighted by molar-refractivity contribution is -0.125. The molecule has 122 valence electrons. The molecule has 22 heavy (non-hydrogen) atoms. The summed E-state index contributed by atoms with van der Waals surface area (Å²) >= 11 is 0. The summed E-state index contributed by atoms with van der Waals surface area (Å²) in [5, 5.41) is 0. The Bertz CT molecular complexity index is 528. The molecular weight excluding hydrogens is 276 g/mol. The molecule has 1 amide bonds. The Kier molecular flexibility index (Phi) is 5.46. The van der Waals surface area contributed by atoms with E-state index in [1.807, 2.05) is 30.0 Å². The summed E-state index contributed by atoms with van der Waals surface area (Å²) in [5.41, 5.74) is 8.23. The molecule has 0 aromatic heterocycles. The average Bonchev–Trinajstić information content (AvgIpc) is 2.46. The fourth-order valence-corrected chi connectivity index (χ4v) is 2.85. The number of amides is 1. The molecule has 0 radical (unpaired) electrons. The first-order valence-electron chi connectivity index (χ1n) is 8.31. The molecule has 0 spiro atoms. The number of ether oxygens (including phenoxy) is 1. The van der Waals surface area contributed by atoms with Crippen LogP contribution in [0.1, 0.15) is 58.6 Å². The van der Waals surface area contributed by atoms with Crippen molar-refractivity contribution in [2.45, 2.75) is 59.1 Å². The van der Waals surface area contributed by atoms with Crippen LogP contribution in [0.2, 0.25) is 0 Å².